The number of aromatic nitrogens is 2. The second-order valence-electron chi connectivity index (χ2n) is 7.21. The second kappa shape index (κ2) is 9.13. The Morgan fingerprint density at radius 2 is 2.03 bits per heavy atom. The van der Waals surface area contributed by atoms with Crippen LogP contribution in [-0.4, -0.2) is 29.2 Å². The molecule has 0 atom stereocenters. The second-order valence-corrected chi connectivity index (χ2v) is 8.30. The third-order valence-electron chi connectivity index (χ3n) is 5.04. The highest BCUT2D eigenvalue weighted by molar-refractivity contribution is 7.99. The third kappa shape index (κ3) is 5.17. The molecule has 2 aromatic heterocycles. The summed E-state index contributed by atoms with van der Waals surface area (Å²) in [6, 6.07) is 16.1. The first-order chi connectivity index (χ1) is 14.2. The maximum Gasteiger partial charge on any atom is 0.223 e. The number of nitrogens with zero attached hydrogens (tertiary/aromatic N) is 3. The van der Waals surface area contributed by atoms with E-state index in [-0.39, 0.29) is 11.8 Å². The minimum absolute atomic E-state index is 0.0327. The number of anilines is 1. The number of hydrogen-bond donors (Lipinski definition) is 1. The molecule has 7 heteroatoms. The van der Waals surface area contributed by atoms with Crippen molar-refractivity contribution in [2.24, 2.45) is 5.92 Å². The van der Waals surface area contributed by atoms with E-state index in [1.807, 2.05) is 30.3 Å². The maximum atomic E-state index is 12.4. The molecule has 3 heterocycles. The predicted octanol–water partition coefficient (Wildman–Crippen LogP) is 4.06. The van der Waals surface area contributed by atoms with E-state index >= 15 is 0 Å². The molecule has 1 aliphatic heterocycles. The van der Waals surface area contributed by atoms with Crippen LogP contribution < -0.4 is 10.2 Å². The number of amides is 1. The molecule has 0 aliphatic carbocycles. The van der Waals surface area contributed by atoms with Crippen molar-refractivity contribution in [1.82, 2.24) is 15.5 Å². The third-order valence-corrected chi connectivity index (χ3v) is 5.96. The van der Waals surface area contributed by atoms with Gasteiger partial charge in [0, 0.05) is 23.9 Å². The van der Waals surface area contributed by atoms with Gasteiger partial charge in [-0.3, -0.25) is 4.79 Å². The van der Waals surface area contributed by atoms with Gasteiger partial charge in [0.05, 0.1) is 12.8 Å². The molecule has 1 aliphatic rings. The van der Waals surface area contributed by atoms with Crippen molar-refractivity contribution >= 4 is 23.5 Å². The quantitative estimate of drug-likeness (QED) is 0.663. The zero-order valence-electron chi connectivity index (χ0n) is 16.4. The fourth-order valence-electron chi connectivity index (χ4n) is 3.44. The number of hydrogen-bond acceptors (Lipinski definition) is 6. The number of rotatable bonds is 6. The molecular formula is C22H24N4O2S. The highest BCUT2D eigenvalue weighted by atomic mass is 32.2. The van der Waals surface area contributed by atoms with Gasteiger partial charge < -0.3 is 14.6 Å². The largest absolute Gasteiger partial charge is 0.467 e. The van der Waals surface area contributed by atoms with Gasteiger partial charge in [-0.05, 0) is 56.2 Å². The van der Waals surface area contributed by atoms with Crippen molar-refractivity contribution in [2.75, 3.05) is 18.0 Å². The molecule has 29 heavy (non-hydrogen) atoms. The lowest BCUT2D eigenvalue weighted by Crippen LogP contribution is -2.40. The zero-order valence-corrected chi connectivity index (χ0v) is 17.2. The number of carbonyl (C=O) groups excluding carboxylic acids is 1. The van der Waals surface area contributed by atoms with Crippen LogP contribution in [0.3, 0.4) is 0 Å². The van der Waals surface area contributed by atoms with Crippen molar-refractivity contribution in [3.8, 4) is 0 Å². The van der Waals surface area contributed by atoms with E-state index < -0.39 is 0 Å². The van der Waals surface area contributed by atoms with Gasteiger partial charge in [0.2, 0.25) is 5.91 Å². The first-order valence-electron chi connectivity index (χ1n) is 9.81. The minimum Gasteiger partial charge on any atom is -0.467 e. The molecule has 1 N–H and O–H groups in total. The fourth-order valence-corrected chi connectivity index (χ4v) is 4.29. The van der Waals surface area contributed by atoms with E-state index in [1.54, 1.807) is 18.0 Å². The maximum absolute atomic E-state index is 12.4. The van der Waals surface area contributed by atoms with Gasteiger partial charge in [-0.1, -0.05) is 29.5 Å². The van der Waals surface area contributed by atoms with Crippen LogP contribution in [0.25, 0.3) is 0 Å². The van der Waals surface area contributed by atoms with Crippen molar-refractivity contribution in [1.29, 1.82) is 0 Å². The number of furan rings is 1. The van der Waals surface area contributed by atoms with Gasteiger partial charge in [0.15, 0.2) is 5.82 Å². The molecule has 1 saturated heterocycles. The monoisotopic (exact) mass is 408 g/mol. The standard InChI is InChI=1S/C22H24N4O2S/c1-16-4-2-6-19(14-16)29-21-8-7-20(24-25-21)26-11-9-17(10-12-26)22(27)23-15-18-5-3-13-28-18/h2-8,13-14,17H,9-12,15H2,1H3,(H,23,27). The van der Waals surface area contributed by atoms with Crippen molar-refractivity contribution < 1.29 is 9.21 Å². The van der Waals surface area contributed by atoms with Gasteiger partial charge in [-0.25, -0.2) is 0 Å². The van der Waals surface area contributed by atoms with Crippen LogP contribution in [0.2, 0.25) is 0 Å². The fraction of sp³-hybridized carbons (Fsp3) is 0.318. The molecule has 150 valence electrons. The Hall–Kier alpha value is -2.80. The molecule has 3 aromatic rings. The molecule has 0 radical (unpaired) electrons. The Morgan fingerprint density at radius 3 is 2.72 bits per heavy atom. The van der Waals surface area contributed by atoms with Crippen LogP contribution in [0.1, 0.15) is 24.2 Å². The van der Waals surface area contributed by atoms with Crippen LogP contribution in [0.5, 0.6) is 0 Å². The van der Waals surface area contributed by atoms with Gasteiger partial charge >= 0.3 is 0 Å². The highest BCUT2D eigenvalue weighted by Gasteiger charge is 2.25. The molecule has 4 rings (SSSR count). The highest BCUT2D eigenvalue weighted by Crippen LogP contribution is 2.28. The molecule has 0 saturated carbocycles. The summed E-state index contributed by atoms with van der Waals surface area (Å²) >= 11 is 1.61. The zero-order chi connectivity index (χ0) is 20.1. The van der Waals surface area contributed by atoms with E-state index in [4.69, 9.17) is 4.42 Å². The normalized spacial score (nSPS) is 14.7. The SMILES string of the molecule is Cc1cccc(Sc2ccc(N3CCC(C(=O)NCc4ccco4)CC3)nn2)c1. The summed E-state index contributed by atoms with van der Waals surface area (Å²) in [5.74, 6) is 1.77. The van der Waals surface area contributed by atoms with E-state index in [0.29, 0.717) is 6.54 Å². The van der Waals surface area contributed by atoms with Crippen molar-refractivity contribution in [2.45, 2.75) is 36.2 Å². The lowest BCUT2D eigenvalue weighted by molar-refractivity contribution is -0.125. The smallest absolute Gasteiger partial charge is 0.223 e. The van der Waals surface area contributed by atoms with Gasteiger partial charge in [0.25, 0.3) is 0 Å². The topological polar surface area (TPSA) is 71.3 Å². The molecule has 0 unspecified atom stereocenters. The van der Waals surface area contributed by atoms with Crippen LogP contribution >= 0.6 is 11.8 Å². The number of carbonyl (C=O) groups is 1. The average molecular weight is 409 g/mol. The Labute approximate surface area is 174 Å². The molecule has 1 amide bonds. The number of piperidine rings is 1. The number of nitrogens with one attached hydrogen (secondary N) is 1. The van der Waals surface area contributed by atoms with Crippen LogP contribution in [0, 0.1) is 12.8 Å². The minimum atomic E-state index is 0.0327. The summed E-state index contributed by atoms with van der Waals surface area (Å²) in [5.41, 5.74) is 1.23. The Kier molecular flexibility index (Phi) is 6.14. The molecule has 0 bridgehead atoms. The van der Waals surface area contributed by atoms with Crippen molar-refractivity contribution in [3.63, 3.8) is 0 Å². The average Bonchev–Trinajstić information content (AvgIpc) is 3.26. The molecule has 1 fully saturated rings. The molecule has 6 nitrogen and oxygen atoms in total. The summed E-state index contributed by atoms with van der Waals surface area (Å²) in [6.07, 6.45) is 3.24. The Balaban J connectivity index is 1.27. The summed E-state index contributed by atoms with van der Waals surface area (Å²) in [7, 11) is 0. The van der Waals surface area contributed by atoms with Gasteiger partial charge in [-0.2, -0.15) is 0 Å². The Morgan fingerprint density at radius 1 is 1.17 bits per heavy atom. The first kappa shape index (κ1) is 19.5. The summed E-state index contributed by atoms with van der Waals surface area (Å²) in [6.45, 7) is 4.13. The Bertz CT molecular complexity index is 936. The van der Waals surface area contributed by atoms with E-state index in [1.165, 1.54) is 5.56 Å². The van der Waals surface area contributed by atoms with Crippen molar-refractivity contribution in [3.05, 3.63) is 66.1 Å². The molecule has 1 aromatic carbocycles. The lowest BCUT2D eigenvalue weighted by Gasteiger charge is -2.31. The summed E-state index contributed by atoms with van der Waals surface area (Å²) in [4.78, 5) is 15.7. The first-order valence-corrected chi connectivity index (χ1v) is 10.6. The summed E-state index contributed by atoms with van der Waals surface area (Å²) < 4.78 is 5.26. The molecule has 0 spiro atoms. The van der Waals surface area contributed by atoms with Gasteiger partial charge in [-0.15, -0.1) is 10.2 Å². The lowest BCUT2D eigenvalue weighted by atomic mass is 9.96. The van der Waals surface area contributed by atoms with Gasteiger partial charge in [0.1, 0.15) is 10.8 Å². The van der Waals surface area contributed by atoms with E-state index in [0.717, 1.165) is 47.4 Å². The number of aryl methyl sites for hydroxylation is 1. The van der Waals surface area contributed by atoms with Crippen LogP contribution in [-0.2, 0) is 11.3 Å². The molecular weight excluding hydrogens is 384 g/mol. The van der Waals surface area contributed by atoms with Crippen LogP contribution in [0.15, 0.2) is 69.1 Å². The number of benzene rings is 1. The predicted molar refractivity (Wildman–Crippen MR) is 113 cm³/mol. The van der Waals surface area contributed by atoms with Crippen LogP contribution in [0.4, 0.5) is 5.82 Å². The van der Waals surface area contributed by atoms with E-state index in [2.05, 4.69) is 45.5 Å². The van der Waals surface area contributed by atoms with E-state index in [9.17, 15) is 4.79 Å². The summed E-state index contributed by atoms with van der Waals surface area (Å²) in [5, 5.41) is 12.6.